The highest BCUT2D eigenvalue weighted by Gasteiger charge is 2.21. The summed E-state index contributed by atoms with van der Waals surface area (Å²) in [4.78, 5) is 10.9. The first-order chi connectivity index (χ1) is 9.11. The smallest absolute Gasteiger partial charge is 0.221 e. The molecule has 1 aromatic carbocycles. The highest BCUT2D eigenvalue weighted by atomic mass is 19.1. The fraction of sp³-hybridized carbons (Fsp3) is 0.500. The van der Waals surface area contributed by atoms with E-state index in [2.05, 4.69) is 10.6 Å². The van der Waals surface area contributed by atoms with Crippen molar-refractivity contribution >= 4 is 11.6 Å². The number of hydrogen-bond donors (Lipinski definition) is 3. The van der Waals surface area contributed by atoms with Crippen molar-refractivity contribution < 1.29 is 18.7 Å². The maximum absolute atomic E-state index is 14.1. The Bertz CT molecular complexity index is 499. The van der Waals surface area contributed by atoms with E-state index in [1.165, 1.54) is 6.07 Å². The number of rotatable bonds is 4. The molecule has 6 heteroatoms. The predicted octanol–water partition coefficient (Wildman–Crippen LogP) is 2.34. The first kappa shape index (κ1) is 16.5. The number of benzene rings is 1. The quantitative estimate of drug-likeness (QED) is 0.796. The third kappa shape index (κ3) is 4.54. The Balaban J connectivity index is 2.98. The second-order valence-corrected chi connectivity index (χ2v) is 5.65. The lowest BCUT2D eigenvalue weighted by Gasteiger charge is -2.23. The van der Waals surface area contributed by atoms with E-state index in [1.54, 1.807) is 0 Å². The van der Waals surface area contributed by atoms with Crippen molar-refractivity contribution in [3.05, 3.63) is 29.3 Å². The van der Waals surface area contributed by atoms with Gasteiger partial charge in [-0.3, -0.25) is 4.79 Å². The molecule has 112 valence electrons. The minimum atomic E-state index is -1.14. The fourth-order valence-corrected chi connectivity index (χ4v) is 1.63. The van der Waals surface area contributed by atoms with Crippen LogP contribution in [-0.4, -0.2) is 23.1 Å². The largest absolute Gasteiger partial charge is 0.387 e. The first-order valence-corrected chi connectivity index (χ1v) is 6.30. The molecule has 1 atom stereocenters. The van der Waals surface area contributed by atoms with Crippen molar-refractivity contribution in [3.8, 4) is 0 Å². The van der Waals surface area contributed by atoms with Crippen LogP contribution in [0.2, 0.25) is 0 Å². The van der Waals surface area contributed by atoms with Gasteiger partial charge >= 0.3 is 0 Å². The second kappa shape index (κ2) is 6.28. The van der Waals surface area contributed by atoms with E-state index in [0.717, 1.165) is 13.0 Å². The van der Waals surface area contributed by atoms with Crippen LogP contribution in [0.4, 0.5) is 14.5 Å². The van der Waals surface area contributed by atoms with E-state index in [4.69, 9.17) is 0 Å². The van der Waals surface area contributed by atoms with Crippen LogP contribution in [-0.2, 0) is 4.79 Å². The van der Waals surface area contributed by atoms with E-state index in [9.17, 15) is 18.7 Å². The van der Waals surface area contributed by atoms with Gasteiger partial charge in [0.05, 0.1) is 6.10 Å². The van der Waals surface area contributed by atoms with Crippen molar-refractivity contribution in [2.75, 3.05) is 11.9 Å². The predicted molar refractivity (Wildman–Crippen MR) is 73.4 cm³/mol. The summed E-state index contributed by atoms with van der Waals surface area (Å²) >= 11 is 0. The van der Waals surface area contributed by atoms with Crippen LogP contribution >= 0.6 is 0 Å². The van der Waals surface area contributed by atoms with Crippen molar-refractivity contribution in [2.24, 2.45) is 0 Å². The van der Waals surface area contributed by atoms with Crippen LogP contribution in [0.25, 0.3) is 0 Å². The molecule has 1 unspecified atom stereocenters. The Morgan fingerprint density at radius 2 is 1.95 bits per heavy atom. The van der Waals surface area contributed by atoms with Crippen molar-refractivity contribution in [2.45, 2.75) is 39.3 Å². The second-order valence-electron chi connectivity index (χ2n) is 5.65. The van der Waals surface area contributed by atoms with Gasteiger partial charge in [-0.05, 0) is 26.8 Å². The molecule has 1 aromatic rings. The Kier molecular flexibility index (Phi) is 5.19. The van der Waals surface area contributed by atoms with Gasteiger partial charge in [0.25, 0.3) is 0 Å². The molecule has 0 fully saturated rings. The van der Waals surface area contributed by atoms with Gasteiger partial charge in [0.2, 0.25) is 5.91 Å². The highest BCUT2D eigenvalue weighted by molar-refractivity contribution is 5.89. The third-order valence-electron chi connectivity index (χ3n) is 2.61. The van der Waals surface area contributed by atoms with Gasteiger partial charge in [-0.25, -0.2) is 8.78 Å². The molecule has 0 saturated carbocycles. The molecule has 0 bridgehead atoms. The third-order valence-corrected chi connectivity index (χ3v) is 2.61. The van der Waals surface area contributed by atoms with Gasteiger partial charge < -0.3 is 15.7 Å². The maximum atomic E-state index is 14.1. The number of nitrogens with one attached hydrogen (secondary N) is 2. The molecule has 1 amide bonds. The molecule has 0 saturated heterocycles. The van der Waals surface area contributed by atoms with E-state index >= 15 is 0 Å². The Hall–Kier alpha value is -1.53. The van der Waals surface area contributed by atoms with E-state index in [1.807, 2.05) is 20.8 Å². The Morgan fingerprint density at radius 1 is 1.35 bits per heavy atom. The van der Waals surface area contributed by atoms with E-state index in [-0.39, 0.29) is 17.6 Å². The first-order valence-electron chi connectivity index (χ1n) is 6.30. The fourth-order valence-electron chi connectivity index (χ4n) is 1.63. The number of aliphatic hydroxyl groups excluding tert-OH is 1. The van der Waals surface area contributed by atoms with E-state index in [0.29, 0.717) is 0 Å². The van der Waals surface area contributed by atoms with Crippen LogP contribution in [0.3, 0.4) is 0 Å². The van der Waals surface area contributed by atoms with Crippen molar-refractivity contribution in [3.63, 3.8) is 0 Å². The topological polar surface area (TPSA) is 61.4 Å². The van der Waals surface area contributed by atoms with Crippen LogP contribution < -0.4 is 10.6 Å². The normalized spacial score (nSPS) is 13.2. The summed E-state index contributed by atoms with van der Waals surface area (Å²) in [6.07, 6.45) is -1.14. The van der Waals surface area contributed by atoms with Crippen LogP contribution in [0.1, 0.15) is 39.4 Å². The molecule has 0 aliphatic rings. The lowest BCUT2D eigenvalue weighted by Crippen LogP contribution is -2.38. The van der Waals surface area contributed by atoms with Gasteiger partial charge in [-0.1, -0.05) is 6.07 Å². The maximum Gasteiger partial charge on any atom is 0.221 e. The number of aliphatic hydroxyl groups is 1. The zero-order valence-electron chi connectivity index (χ0n) is 12.1. The van der Waals surface area contributed by atoms with Crippen LogP contribution in [0, 0.1) is 11.6 Å². The molecule has 0 aliphatic carbocycles. The van der Waals surface area contributed by atoms with E-state index < -0.39 is 29.3 Å². The summed E-state index contributed by atoms with van der Waals surface area (Å²) in [5.74, 6) is -2.41. The highest BCUT2D eigenvalue weighted by Crippen LogP contribution is 2.26. The van der Waals surface area contributed by atoms with Crippen LogP contribution in [0.5, 0.6) is 0 Å². The summed E-state index contributed by atoms with van der Waals surface area (Å²) in [7, 11) is 0. The minimum absolute atomic E-state index is 0.0631. The standard InChI is InChI=1S/C14H20F2N2O2/c1-8(19)18-13-10(15)6-5-9(12(13)16)11(20)7-17-14(2,3)4/h5-6,11,17,20H,7H2,1-4H3,(H,18,19). The summed E-state index contributed by atoms with van der Waals surface area (Å²) < 4.78 is 27.6. The molecular formula is C14H20F2N2O2. The molecular weight excluding hydrogens is 266 g/mol. The molecule has 1 rings (SSSR count). The lowest BCUT2D eigenvalue weighted by molar-refractivity contribution is -0.114. The molecule has 0 aliphatic heterocycles. The SMILES string of the molecule is CC(=O)Nc1c(F)ccc(C(O)CNC(C)(C)C)c1F. The number of amides is 1. The van der Waals surface area contributed by atoms with Crippen molar-refractivity contribution in [1.29, 1.82) is 0 Å². The number of carbonyl (C=O) groups excluding carboxylic acids is 1. The number of β-amino-alcohol motifs (C(OH)–C–C–N with tert-alkyl or cyclic N) is 1. The number of carbonyl (C=O) groups is 1. The molecule has 0 aromatic heterocycles. The summed E-state index contributed by atoms with van der Waals surface area (Å²) in [6, 6.07) is 2.19. The summed E-state index contributed by atoms with van der Waals surface area (Å²) in [6.45, 7) is 6.99. The summed E-state index contributed by atoms with van der Waals surface area (Å²) in [5, 5.41) is 15.1. The number of hydrogen-bond acceptors (Lipinski definition) is 3. The molecule has 3 N–H and O–H groups in total. The summed E-state index contributed by atoms with van der Waals surface area (Å²) in [5.41, 5.74) is -0.838. The molecule has 0 radical (unpaired) electrons. The average Bonchev–Trinajstić information content (AvgIpc) is 2.30. The number of halogens is 2. The van der Waals surface area contributed by atoms with Gasteiger partial charge in [-0.15, -0.1) is 0 Å². The Morgan fingerprint density at radius 3 is 2.45 bits per heavy atom. The zero-order chi connectivity index (χ0) is 15.5. The molecule has 20 heavy (non-hydrogen) atoms. The van der Waals surface area contributed by atoms with Gasteiger partial charge in [0, 0.05) is 24.6 Å². The molecule has 4 nitrogen and oxygen atoms in total. The average molecular weight is 286 g/mol. The molecule has 0 heterocycles. The monoisotopic (exact) mass is 286 g/mol. The minimum Gasteiger partial charge on any atom is -0.387 e. The zero-order valence-corrected chi connectivity index (χ0v) is 12.1. The lowest BCUT2D eigenvalue weighted by atomic mass is 10.0. The van der Waals surface area contributed by atoms with Gasteiger partial charge in [0.1, 0.15) is 11.5 Å². The Labute approximate surface area is 117 Å². The van der Waals surface area contributed by atoms with Gasteiger partial charge in [-0.2, -0.15) is 0 Å². The van der Waals surface area contributed by atoms with Gasteiger partial charge in [0.15, 0.2) is 5.82 Å². The van der Waals surface area contributed by atoms with Crippen molar-refractivity contribution in [1.82, 2.24) is 5.32 Å². The molecule has 0 spiro atoms. The number of anilines is 1. The van der Waals surface area contributed by atoms with Crippen LogP contribution in [0.15, 0.2) is 12.1 Å².